The molecule has 130 valence electrons. The Balaban J connectivity index is 2.00. The summed E-state index contributed by atoms with van der Waals surface area (Å²) < 4.78 is 5.07. The number of hydrogen-bond donors (Lipinski definition) is 1. The van der Waals surface area contributed by atoms with Gasteiger partial charge in [-0.3, -0.25) is 9.59 Å². The number of benzene rings is 2. The minimum Gasteiger partial charge on any atom is -0.495 e. The monoisotopic (exact) mass is 358 g/mol. The summed E-state index contributed by atoms with van der Waals surface area (Å²) in [5.41, 5.74) is 1.99. The third-order valence-electron chi connectivity index (χ3n) is 3.41. The molecule has 0 spiro atoms. The highest BCUT2D eigenvalue weighted by Gasteiger charge is 2.07. The number of hydrogen-bond acceptors (Lipinski definition) is 3. The number of halogens is 1. The largest absolute Gasteiger partial charge is 0.495 e. The van der Waals surface area contributed by atoms with Crippen molar-refractivity contribution >= 4 is 35.2 Å². The Morgan fingerprint density at radius 2 is 1.80 bits per heavy atom. The molecule has 5 nitrogen and oxygen atoms in total. The van der Waals surface area contributed by atoms with Crippen molar-refractivity contribution in [2.75, 3.05) is 26.5 Å². The van der Waals surface area contributed by atoms with E-state index in [-0.39, 0.29) is 11.8 Å². The first-order chi connectivity index (χ1) is 11.9. The number of amides is 2. The lowest BCUT2D eigenvalue weighted by atomic mass is 10.1. The van der Waals surface area contributed by atoms with Crippen LogP contribution in [0, 0.1) is 0 Å². The topological polar surface area (TPSA) is 58.6 Å². The van der Waals surface area contributed by atoms with Crippen LogP contribution in [0.15, 0.2) is 48.5 Å². The molecular weight excluding hydrogens is 340 g/mol. The number of carbonyl (C=O) groups is 2. The van der Waals surface area contributed by atoms with E-state index in [1.165, 1.54) is 18.1 Å². The molecule has 2 rings (SSSR count). The molecule has 1 N–H and O–H groups in total. The molecule has 0 saturated carbocycles. The zero-order valence-electron chi connectivity index (χ0n) is 14.2. The second kappa shape index (κ2) is 8.35. The Kier molecular flexibility index (Phi) is 6.19. The van der Waals surface area contributed by atoms with Gasteiger partial charge in [0.1, 0.15) is 5.75 Å². The van der Waals surface area contributed by atoms with Crippen LogP contribution in [0.1, 0.15) is 15.9 Å². The van der Waals surface area contributed by atoms with Crippen molar-refractivity contribution in [2.45, 2.75) is 0 Å². The molecule has 6 heteroatoms. The normalized spacial score (nSPS) is 10.6. The maximum Gasteiger partial charge on any atom is 0.253 e. The molecule has 0 radical (unpaired) electrons. The summed E-state index contributed by atoms with van der Waals surface area (Å²) in [5, 5.41) is 3.14. The van der Waals surface area contributed by atoms with Gasteiger partial charge < -0.3 is 15.0 Å². The molecule has 0 heterocycles. The van der Waals surface area contributed by atoms with Crippen LogP contribution < -0.4 is 10.1 Å². The summed E-state index contributed by atoms with van der Waals surface area (Å²) in [4.78, 5) is 25.3. The molecule has 0 aliphatic heterocycles. The second-order valence-corrected chi connectivity index (χ2v) is 5.90. The maximum absolute atomic E-state index is 12.0. The van der Waals surface area contributed by atoms with Gasteiger partial charge in [0.15, 0.2) is 0 Å². The quantitative estimate of drug-likeness (QED) is 0.829. The number of nitrogens with zero attached hydrogens (tertiary/aromatic N) is 1. The van der Waals surface area contributed by atoms with Gasteiger partial charge in [-0.25, -0.2) is 0 Å². The van der Waals surface area contributed by atoms with Crippen molar-refractivity contribution < 1.29 is 14.3 Å². The molecule has 0 unspecified atom stereocenters. The minimum absolute atomic E-state index is 0.0651. The first kappa shape index (κ1) is 18.5. The maximum atomic E-state index is 12.0. The van der Waals surface area contributed by atoms with Crippen LogP contribution >= 0.6 is 11.6 Å². The Morgan fingerprint density at radius 3 is 2.36 bits per heavy atom. The number of ether oxygens (including phenoxy) is 1. The van der Waals surface area contributed by atoms with Gasteiger partial charge in [-0.2, -0.15) is 0 Å². The Hall–Kier alpha value is -2.79. The summed E-state index contributed by atoms with van der Waals surface area (Å²) >= 11 is 6.02. The number of nitrogens with one attached hydrogen (secondary N) is 1. The van der Waals surface area contributed by atoms with E-state index < -0.39 is 0 Å². The summed E-state index contributed by atoms with van der Waals surface area (Å²) in [5.74, 6) is 0.196. The fourth-order valence-corrected chi connectivity index (χ4v) is 2.35. The van der Waals surface area contributed by atoms with Crippen LogP contribution in [0.3, 0.4) is 0 Å². The van der Waals surface area contributed by atoms with Crippen molar-refractivity contribution in [3.63, 3.8) is 0 Å². The zero-order valence-corrected chi connectivity index (χ0v) is 15.0. The second-order valence-electron chi connectivity index (χ2n) is 5.49. The van der Waals surface area contributed by atoms with Crippen molar-refractivity contribution in [3.8, 4) is 5.75 Å². The molecule has 0 atom stereocenters. The lowest BCUT2D eigenvalue weighted by Gasteiger charge is -2.09. The van der Waals surface area contributed by atoms with E-state index in [4.69, 9.17) is 16.3 Å². The number of rotatable bonds is 5. The van der Waals surface area contributed by atoms with E-state index in [0.29, 0.717) is 22.0 Å². The summed E-state index contributed by atoms with van der Waals surface area (Å²) in [6, 6.07) is 12.0. The van der Waals surface area contributed by atoms with Gasteiger partial charge in [0, 0.05) is 31.4 Å². The van der Waals surface area contributed by atoms with Crippen LogP contribution in [0.5, 0.6) is 5.75 Å². The predicted molar refractivity (Wildman–Crippen MR) is 100 cm³/mol. The molecule has 2 amide bonds. The first-order valence-electron chi connectivity index (χ1n) is 7.55. The lowest BCUT2D eigenvalue weighted by Crippen LogP contribution is -2.21. The number of methoxy groups -OCH3 is 1. The molecule has 0 aliphatic rings. The Morgan fingerprint density at radius 1 is 1.12 bits per heavy atom. The van der Waals surface area contributed by atoms with Gasteiger partial charge >= 0.3 is 0 Å². The Bertz CT molecular complexity index is 799. The van der Waals surface area contributed by atoms with Gasteiger partial charge in [-0.05, 0) is 42.0 Å². The highest BCUT2D eigenvalue weighted by Crippen LogP contribution is 2.27. The molecule has 0 bridgehead atoms. The third-order valence-corrected chi connectivity index (χ3v) is 3.71. The summed E-state index contributed by atoms with van der Waals surface area (Å²) in [7, 11) is 4.93. The van der Waals surface area contributed by atoms with Crippen LogP contribution in [0.4, 0.5) is 5.69 Å². The van der Waals surface area contributed by atoms with E-state index >= 15 is 0 Å². The van der Waals surface area contributed by atoms with Gasteiger partial charge in [-0.15, -0.1) is 0 Å². The SMILES string of the molecule is COc1ccc(NC(=O)/C=C/c2ccc(C(=O)N(C)C)cc2)cc1Cl. The summed E-state index contributed by atoms with van der Waals surface area (Å²) in [6.45, 7) is 0. The van der Waals surface area contributed by atoms with Gasteiger partial charge in [0.25, 0.3) is 5.91 Å². The fraction of sp³-hybridized carbons (Fsp3) is 0.158. The van der Waals surface area contributed by atoms with Crippen molar-refractivity contribution in [1.29, 1.82) is 0 Å². The zero-order chi connectivity index (χ0) is 18.4. The molecule has 25 heavy (non-hydrogen) atoms. The van der Waals surface area contributed by atoms with Crippen molar-refractivity contribution in [1.82, 2.24) is 4.90 Å². The average Bonchev–Trinajstić information content (AvgIpc) is 2.60. The lowest BCUT2D eigenvalue weighted by molar-refractivity contribution is -0.111. The van der Waals surface area contributed by atoms with Crippen molar-refractivity contribution in [2.24, 2.45) is 0 Å². The van der Waals surface area contributed by atoms with E-state index in [2.05, 4.69) is 5.32 Å². The fourth-order valence-electron chi connectivity index (χ4n) is 2.09. The minimum atomic E-state index is -0.283. The third kappa shape index (κ3) is 5.09. The van der Waals surface area contributed by atoms with Gasteiger partial charge in [0.05, 0.1) is 12.1 Å². The van der Waals surface area contributed by atoms with Crippen LogP contribution in [-0.2, 0) is 4.79 Å². The van der Waals surface area contributed by atoms with E-state index in [1.807, 2.05) is 0 Å². The Labute approximate surface area is 151 Å². The number of carbonyl (C=O) groups excluding carboxylic acids is 2. The van der Waals surface area contributed by atoms with E-state index in [0.717, 1.165) is 5.56 Å². The first-order valence-corrected chi connectivity index (χ1v) is 7.93. The predicted octanol–water partition coefficient (Wildman–Crippen LogP) is 3.70. The van der Waals surface area contributed by atoms with E-state index in [9.17, 15) is 9.59 Å². The molecule has 0 saturated heterocycles. The summed E-state index contributed by atoms with van der Waals surface area (Å²) in [6.07, 6.45) is 3.09. The molecular formula is C19H19ClN2O3. The molecule has 0 aromatic heterocycles. The van der Waals surface area contributed by atoms with Gasteiger partial charge in [0.2, 0.25) is 5.91 Å². The van der Waals surface area contributed by atoms with Gasteiger partial charge in [-0.1, -0.05) is 23.7 Å². The molecule has 2 aromatic rings. The highest BCUT2D eigenvalue weighted by atomic mass is 35.5. The highest BCUT2D eigenvalue weighted by molar-refractivity contribution is 6.32. The van der Waals surface area contributed by atoms with Crippen LogP contribution in [0.2, 0.25) is 5.02 Å². The average molecular weight is 359 g/mol. The van der Waals surface area contributed by atoms with Crippen molar-refractivity contribution in [3.05, 3.63) is 64.7 Å². The standard InChI is InChI=1S/C19H19ClN2O3/c1-22(2)19(24)14-7-4-13(5-8-14)6-11-18(23)21-15-9-10-17(25-3)16(20)12-15/h4-12H,1-3H3,(H,21,23)/b11-6+. The molecule has 0 aliphatic carbocycles. The smallest absolute Gasteiger partial charge is 0.253 e. The molecule has 2 aromatic carbocycles. The van der Waals surface area contributed by atoms with E-state index in [1.54, 1.807) is 62.6 Å². The van der Waals surface area contributed by atoms with Crippen LogP contribution in [-0.4, -0.2) is 37.9 Å². The van der Waals surface area contributed by atoms with Crippen LogP contribution in [0.25, 0.3) is 6.08 Å². The number of anilines is 1. The molecule has 0 fully saturated rings.